The number of terminal acetylenes is 1. The molecular weight excluding hydrogens is 276 g/mol. The van der Waals surface area contributed by atoms with Gasteiger partial charge in [0.2, 0.25) is 0 Å². The van der Waals surface area contributed by atoms with Crippen LogP contribution in [0.25, 0.3) is 0 Å². The third-order valence-corrected chi connectivity index (χ3v) is 5.74. The lowest BCUT2D eigenvalue weighted by Crippen LogP contribution is -2.53. The minimum Gasteiger partial charge on any atom is -0.515 e. The van der Waals surface area contributed by atoms with E-state index in [1.807, 2.05) is 20.9 Å². The van der Waals surface area contributed by atoms with Crippen LogP contribution in [0.15, 0.2) is 11.8 Å². The van der Waals surface area contributed by atoms with Gasteiger partial charge in [0.1, 0.15) is 5.69 Å². The number of carbonyl (C=O) groups is 1. The van der Waals surface area contributed by atoms with Gasteiger partial charge < -0.3 is 5.11 Å². The van der Waals surface area contributed by atoms with Gasteiger partial charge in [-0.1, -0.05) is 26.7 Å². The molecule has 0 saturated heterocycles. The van der Waals surface area contributed by atoms with E-state index < -0.39 is 5.41 Å². The Balaban J connectivity index is 2.23. The highest BCUT2D eigenvalue weighted by Crippen LogP contribution is 2.56. The maximum atomic E-state index is 12.6. The lowest BCUT2D eigenvalue weighted by Gasteiger charge is -2.52. The Hall–Kier alpha value is -2.02. The Labute approximate surface area is 131 Å². The highest BCUT2D eigenvalue weighted by atomic mass is 16.2. The summed E-state index contributed by atoms with van der Waals surface area (Å²) in [7, 11) is 1.87. The second kappa shape index (κ2) is 4.49. The van der Waals surface area contributed by atoms with E-state index in [2.05, 4.69) is 12.8 Å². The lowest BCUT2D eigenvalue weighted by molar-refractivity contribution is -0.131. The lowest BCUT2D eigenvalue weighted by atomic mass is 9.50. The summed E-state index contributed by atoms with van der Waals surface area (Å²) in [5.74, 6) is 2.99. The first-order valence-electron chi connectivity index (χ1n) is 7.68. The molecule has 0 aromatic carbocycles. The molecule has 1 fully saturated rings. The van der Waals surface area contributed by atoms with Crippen LogP contribution in [0.4, 0.5) is 0 Å². The van der Waals surface area contributed by atoms with Crippen LogP contribution in [0, 0.1) is 23.7 Å². The van der Waals surface area contributed by atoms with Gasteiger partial charge in [0, 0.05) is 29.0 Å². The Morgan fingerprint density at radius 3 is 2.73 bits per heavy atom. The van der Waals surface area contributed by atoms with Crippen molar-refractivity contribution in [2.24, 2.45) is 18.4 Å². The van der Waals surface area contributed by atoms with Crippen LogP contribution >= 0.6 is 0 Å². The number of allylic oxidation sites excluding steroid dienone is 1. The molecule has 1 saturated carbocycles. The second-order valence-electron chi connectivity index (χ2n) is 7.33. The largest absolute Gasteiger partial charge is 0.515 e. The number of aliphatic hydroxyl groups excluding tert-OH is 1. The summed E-state index contributed by atoms with van der Waals surface area (Å²) in [4.78, 5) is 12.6. The van der Waals surface area contributed by atoms with E-state index in [9.17, 15) is 9.90 Å². The number of aryl methyl sites for hydroxylation is 1. The molecule has 4 heteroatoms. The molecule has 1 aromatic rings. The van der Waals surface area contributed by atoms with Crippen LogP contribution in [-0.4, -0.2) is 20.7 Å². The van der Waals surface area contributed by atoms with Crippen molar-refractivity contribution < 1.29 is 9.90 Å². The van der Waals surface area contributed by atoms with Gasteiger partial charge in [0.15, 0.2) is 5.78 Å². The molecular formula is C18H22N2O2. The topological polar surface area (TPSA) is 55.1 Å². The van der Waals surface area contributed by atoms with Crippen LogP contribution in [-0.2, 0) is 23.7 Å². The van der Waals surface area contributed by atoms with Crippen molar-refractivity contribution >= 4 is 5.78 Å². The summed E-state index contributed by atoms with van der Waals surface area (Å²) >= 11 is 0. The summed E-state index contributed by atoms with van der Waals surface area (Å²) in [6.45, 7) is 6.12. The summed E-state index contributed by atoms with van der Waals surface area (Å²) in [5.41, 5.74) is 2.67. The minimum absolute atomic E-state index is 0.0500. The number of carbonyl (C=O) groups excluding carboxylic acids is 1. The number of aromatic nitrogens is 2. The van der Waals surface area contributed by atoms with E-state index in [4.69, 9.17) is 11.5 Å². The van der Waals surface area contributed by atoms with Crippen molar-refractivity contribution in [1.82, 2.24) is 9.78 Å². The van der Waals surface area contributed by atoms with E-state index in [1.165, 1.54) is 0 Å². The number of fused-ring (bicyclic) bond motifs is 3. The normalized spacial score (nSPS) is 31.5. The smallest absolute Gasteiger partial charge is 0.167 e. The molecule has 0 spiro atoms. The van der Waals surface area contributed by atoms with E-state index in [0.29, 0.717) is 12.0 Å². The number of aliphatic hydroxyl groups is 1. The molecule has 1 N–H and O–H groups in total. The quantitative estimate of drug-likeness (QED) is 0.455. The highest BCUT2D eigenvalue weighted by Gasteiger charge is 2.57. The summed E-state index contributed by atoms with van der Waals surface area (Å²) in [6.07, 6.45) is 8.92. The molecule has 4 nitrogen and oxygen atoms in total. The average molecular weight is 298 g/mol. The molecule has 2 aliphatic rings. The Kier molecular flexibility index (Phi) is 3.04. The number of Topliss-reactive ketones (excluding diaryl/α,β-unsaturated/α-hetero) is 1. The molecule has 0 amide bonds. The van der Waals surface area contributed by atoms with Crippen molar-refractivity contribution in [3.05, 3.63) is 28.8 Å². The molecule has 1 heterocycles. The van der Waals surface area contributed by atoms with Gasteiger partial charge in [-0.25, -0.2) is 0 Å². The number of ketones is 1. The maximum absolute atomic E-state index is 12.6. The molecule has 0 bridgehead atoms. The summed E-state index contributed by atoms with van der Waals surface area (Å²) in [5, 5.41) is 14.2. The van der Waals surface area contributed by atoms with E-state index in [1.54, 1.807) is 4.68 Å². The fourth-order valence-corrected chi connectivity index (χ4v) is 4.73. The Bertz CT molecular complexity index is 733. The molecule has 116 valence electrons. The first kappa shape index (κ1) is 14.9. The fourth-order valence-electron chi connectivity index (χ4n) is 4.73. The molecule has 22 heavy (non-hydrogen) atoms. The number of rotatable bonds is 0. The molecule has 0 radical (unpaired) electrons. The Morgan fingerprint density at radius 2 is 2.14 bits per heavy atom. The first-order valence-corrected chi connectivity index (χ1v) is 7.68. The monoisotopic (exact) mass is 298 g/mol. The standard InChI is InChI=1S/C18H22N2O2/c1-6-13-12-7-8-14-17(2,3)16(22)11(10-21)9-18(14,4)15(12)19-20(13)5/h1,10,14,21H,7-9H2,2-5H3/b11-10-/t14-,18?/m0/s1. The number of hydrogen-bond acceptors (Lipinski definition) is 3. The first-order chi connectivity index (χ1) is 10.3. The molecule has 2 aliphatic carbocycles. The third kappa shape index (κ3) is 1.65. The predicted molar refractivity (Wildman–Crippen MR) is 84.4 cm³/mol. The summed E-state index contributed by atoms with van der Waals surface area (Å²) < 4.78 is 1.77. The van der Waals surface area contributed by atoms with Crippen LogP contribution in [0.2, 0.25) is 0 Å². The second-order valence-corrected chi connectivity index (χ2v) is 7.33. The minimum atomic E-state index is -0.507. The van der Waals surface area contributed by atoms with Crippen molar-refractivity contribution in [3.63, 3.8) is 0 Å². The van der Waals surface area contributed by atoms with Crippen molar-refractivity contribution in [2.75, 3.05) is 0 Å². The number of hydrogen-bond donors (Lipinski definition) is 1. The zero-order valence-corrected chi connectivity index (χ0v) is 13.6. The van der Waals surface area contributed by atoms with Gasteiger partial charge in [-0.3, -0.25) is 9.48 Å². The van der Waals surface area contributed by atoms with Crippen LogP contribution in [0.1, 0.15) is 50.6 Å². The van der Waals surface area contributed by atoms with Gasteiger partial charge in [-0.2, -0.15) is 5.10 Å². The van der Waals surface area contributed by atoms with Gasteiger partial charge >= 0.3 is 0 Å². The predicted octanol–water partition coefficient (Wildman–Crippen LogP) is 2.66. The highest BCUT2D eigenvalue weighted by molar-refractivity contribution is 6.01. The zero-order chi connectivity index (χ0) is 16.3. The number of nitrogens with zero attached hydrogens (tertiary/aromatic N) is 2. The van der Waals surface area contributed by atoms with E-state index in [0.717, 1.165) is 36.1 Å². The van der Waals surface area contributed by atoms with Crippen LogP contribution in [0.3, 0.4) is 0 Å². The molecule has 3 rings (SSSR count). The van der Waals surface area contributed by atoms with Crippen molar-refractivity contribution in [3.8, 4) is 12.3 Å². The van der Waals surface area contributed by atoms with Gasteiger partial charge in [-0.15, -0.1) is 6.42 Å². The fraction of sp³-hybridized carbons (Fsp3) is 0.556. The van der Waals surface area contributed by atoms with Gasteiger partial charge in [0.25, 0.3) is 0 Å². The molecule has 1 unspecified atom stereocenters. The van der Waals surface area contributed by atoms with Crippen molar-refractivity contribution in [1.29, 1.82) is 0 Å². The van der Waals surface area contributed by atoms with Crippen molar-refractivity contribution in [2.45, 2.75) is 45.4 Å². The summed E-state index contributed by atoms with van der Waals surface area (Å²) in [6, 6.07) is 0. The van der Waals surface area contributed by atoms with Crippen LogP contribution < -0.4 is 0 Å². The van der Waals surface area contributed by atoms with Gasteiger partial charge in [-0.05, 0) is 25.2 Å². The Morgan fingerprint density at radius 1 is 1.45 bits per heavy atom. The van der Waals surface area contributed by atoms with Gasteiger partial charge in [0.05, 0.1) is 12.0 Å². The molecule has 0 aliphatic heterocycles. The van der Waals surface area contributed by atoms with E-state index >= 15 is 0 Å². The van der Waals surface area contributed by atoms with E-state index in [-0.39, 0.29) is 17.1 Å². The zero-order valence-electron chi connectivity index (χ0n) is 13.6. The van der Waals surface area contributed by atoms with Crippen LogP contribution in [0.5, 0.6) is 0 Å². The SMILES string of the molecule is C#Cc1c2c(nn1C)C1(C)C/C(=C/O)C(=O)C(C)(C)[C@@H]1CC2. The third-order valence-electron chi connectivity index (χ3n) is 5.74. The maximum Gasteiger partial charge on any atom is 0.167 e. The molecule has 1 aromatic heterocycles. The average Bonchev–Trinajstić information content (AvgIpc) is 2.80. The molecule has 2 atom stereocenters.